The molecule has 1 N–H and O–H groups in total. The molecule has 2 heterocycles. The van der Waals surface area contributed by atoms with Crippen LogP contribution in [0.1, 0.15) is 18.4 Å². The fourth-order valence-corrected chi connectivity index (χ4v) is 3.37. The molecule has 2 unspecified atom stereocenters. The van der Waals surface area contributed by atoms with Gasteiger partial charge in [0.25, 0.3) is 0 Å². The number of likely N-dealkylation sites (tertiary alicyclic amines) is 1. The van der Waals surface area contributed by atoms with Crippen LogP contribution in [0.3, 0.4) is 0 Å². The van der Waals surface area contributed by atoms with Crippen LogP contribution in [-0.4, -0.2) is 30.6 Å². The second-order valence-electron chi connectivity index (χ2n) is 5.39. The first-order valence-electron chi connectivity index (χ1n) is 6.62. The van der Waals surface area contributed by atoms with Crippen LogP contribution >= 0.6 is 11.6 Å². The van der Waals surface area contributed by atoms with Gasteiger partial charge in [-0.3, -0.25) is 4.90 Å². The van der Waals surface area contributed by atoms with E-state index in [0.29, 0.717) is 23.2 Å². The lowest BCUT2D eigenvalue weighted by Gasteiger charge is -2.24. The van der Waals surface area contributed by atoms with Gasteiger partial charge < -0.3 is 5.32 Å². The summed E-state index contributed by atoms with van der Waals surface area (Å²) in [7, 11) is 0. The Bertz CT molecular complexity index is 424. The van der Waals surface area contributed by atoms with Crippen LogP contribution in [0, 0.1) is 11.7 Å². The van der Waals surface area contributed by atoms with Crippen molar-refractivity contribution in [1.29, 1.82) is 0 Å². The highest BCUT2D eigenvalue weighted by atomic mass is 35.5. The van der Waals surface area contributed by atoms with Gasteiger partial charge in [-0.15, -0.1) is 0 Å². The summed E-state index contributed by atoms with van der Waals surface area (Å²) in [5.74, 6) is 0.586. The van der Waals surface area contributed by atoms with Crippen molar-refractivity contribution in [3.05, 3.63) is 34.6 Å². The molecule has 2 aliphatic rings. The third-order valence-electron chi connectivity index (χ3n) is 4.08. The maximum absolute atomic E-state index is 13.7. The number of benzene rings is 1. The van der Waals surface area contributed by atoms with Crippen molar-refractivity contribution in [2.24, 2.45) is 5.92 Å². The summed E-state index contributed by atoms with van der Waals surface area (Å²) in [6.45, 7) is 3.89. The van der Waals surface area contributed by atoms with E-state index in [9.17, 15) is 4.39 Å². The maximum Gasteiger partial charge on any atom is 0.127 e. The lowest BCUT2D eigenvalue weighted by atomic mass is 9.94. The van der Waals surface area contributed by atoms with Crippen molar-refractivity contribution in [2.75, 3.05) is 19.6 Å². The zero-order valence-electron chi connectivity index (χ0n) is 10.3. The summed E-state index contributed by atoms with van der Waals surface area (Å²) in [5, 5.41) is 4.17. The van der Waals surface area contributed by atoms with E-state index < -0.39 is 0 Å². The van der Waals surface area contributed by atoms with Crippen LogP contribution < -0.4 is 5.32 Å². The first-order chi connectivity index (χ1) is 8.72. The van der Waals surface area contributed by atoms with E-state index in [-0.39, 0.29) is 5.82 Å². The molecule has 1 aromatic rings. The molecule has 2 atom stereocenters. The van der Waals surface area contributed by atoms with E-state index >= 15 is 0 Å². The fraction of sp³-hybridized carbons (Fsp3) is 0.571. The zero-order chi connectivity index (χ0) is 12.5. The first-order valence-corrected chi connectivity index (χ1v) is 7.00. The Kier molecular flexibility index (Phi) is 3.55. The van der Waals surface area contributed by atoms with E-state index in [1.54, 1.807) is 12.1 Å². The SMILES string of the molecule is Fc1ccc(Cl)cc1CN1CC2CCCNC2C1. The Balaban J connectivity index is 1.68. The average molecular weight is 269 g/mol. The molecular formula is C14H18ClFN2. The van der Waals surface area contributed by atoms with Crippen molar-refractivity contribution in [1.82, 2.24) is 10.2 Å². The molecule has 2 saturated heterocycles. The van der Waals surface area contributed by atoms with Gasteiger partial charge >= 0.3 is 0 Å². The van der Waals surface area contributed by atoms with Crippen LogP contribution in [0.5, 0.6) is 0 Å². The van der Waals surface area contributed by atoms with E-state index in [1.165, 1.54) is 18.9 Å². The number of rotatable bonds is 2. The van der Waals surface area contributed by atoms with Crippen molar-refractivity contribution in [2.45, 2.75) is 25.4 Å². The molecule has 98 valence electrons. The zero-order valence-corrected chi connectivity index (χ0v) is 11.1. The predicted octanol–water partition coefficient (Wildman–Crippen LogP) is 2.66. The van der Waals surface area contributed by atoms with Gasteiger partial charge in [-0.05, 0) is 43.5 Å². The highest BCUT2D eigenvalue weighted by molar-refractivity contribution is 6.30. The summed E-state index contributed by atoms with van der Waals surface area (Å²) in [4.78, 5) is 2.34. The standard InChI is InChI=1S/C14H18ClFN2/c15-12-3-4-13(16)11(6-12)8-18-7-10-2-1-5-17-14(10)9-18/h3-4,6,10,14,17H,1-2,5,7-9H2. The molecule has 2 fully saturated rings. The lowest BCUT2D eigenvalue weighted by Crippen LogP contribution is -2.40. The Hall–Kier alpha value is -0.640. The fourth-order valence-electron chi connectivity index (χ4n) is 3.17. The molecule has 0 aromatic heterocycles. The molecule has 0 radical (unpaired) electrons. The van der Waals surface area contributed by atoms with Gasteiger partial charge in [0.2, 0.25) is 0 Å². The number of halogens is 2. The van der Waals surface area contributed by atoms with Crippen molar-refractivity contribution >= 4 is 11.6 Å². The Morgan fingerprint density at radius 1 is 1.39 bits per heavy atom. The molecule has 4 heteroatoms. The molecule has 0 aliphatic carbocycles. The van der Waals surface area contributed by atoms with Gasteiger partial charge in [0.05, 0.1) is 0 Å². The molecule has 0 amide bonds. The van der Waals surface area contributed by atoms with Gasteiger partial charge in [-0.2, -0.15) is 0 Å². The van der Waals surface area contributed by atoms with Crippen LogP contribution in [-0.2, 0) is 6.54 Å². The van der Waals surface area contributed by atoms with Crippen LogP contribution in [0.15, 0.2) is 18.2 Å². The van der Waals surface area contributed by atoms with E-state index in [1.807, 2.05) is 0 Å². The summed E-state index contributed by atoms with van der Waals surface area (Å²) in [5.41, 5.74) is 0.709. The van der Waals surface area contributed by atoms with Crippen molar-refractivity contribution in [3.8, 4) is 0 Å². The lowest BCUT2D eigenvalue weighted by molar-refractivity contribution is 0.308. The summed E-state index contributed by atoms with van der Waals surface area (Å²) >= 11 is 5.93. The van der Waals surface area contributed by atoms with Gasteiger partial charge in [-0.25, -0.2) is 4.39 Å². The third kappa shape index (κ3) is 2.53. The van der Waals surface area contributed by atoms with Gasteiger partial charge in [0.1, 0.15) is 5.82 Å². The van der Waals surface area contributed by atoms with Crippen molar-refractivity contribution in [3.63, 3.8) is 0 Å². The van der Waals surface area contributed by atoms with Gasteiger partial charge in [-0.1, -0.05) is 11.6 Å². The normalized spacial score (nSPS) is 28.3. The largest absolute Gasteiger partial charge is 0.312 e. The Morgan fingerprint density at radius 3 is 3.11 bits per heavy atom. The number of fused-ring (bicyclic) bond motifs is 1. The molecular weight excluding hydrogens is 251 g/mol. The number of nitrogens with one attached hydrogen (secondary N) is 1. The molecule has 0 spiro atoms. The predicted molar refractivity (Wildman–Crippen MR) is 71.2 cm³/mol. The van der Waals surface area contributed by atoms with Gasteiger partial charge in [0, 0.05) is 36.3 Å². The van der Waals surface area contributed by atoms with E-state index in [2.05, 4.69) is 10.2 Å². The van der Waals surface area contributed by atoms with Crippen molar-refractivity contribution < 1.29 is 4.39 Å². The monoisotopic (exact) mass is 268 g/mol. The summed E-state index contributed by atoms with van der Waals surface area (Å²) in [6.07, 6.45) is 2.56. The minimum Gasteiger partial charge on any atom is -0.312 e. The summed E-state index contributed by atoms with van der Waals surface area (Å²) < 4.78 is 13.7. The van der Waals surface area contributed by atoms with Gasteiger partial charge in [0.15, 0.2) is 0 Å². The Morgan fingerprint density at radius 2 is 2.28 bits per heavy atom. The Labute approximate surface area is 112 Å². The second-order valence-corrected chi connectivity index (χ2v) is 5.83. The number of hydrogen-bond donors (Lipinski definition) is 1. The average Bonchev–Trinajstić information content (AvgIpc) is 2.76. The molecule has 0 saturated carbocycles. The summed E-state index contributed by atoms with van der Waals surface area (Å²) in [6, 6.07) is 5.40. The van der Waals surface area contributed by atoms with Crippen LogP contribution in [0.2, 0.25) is 5.02 Å². The third-order valence-corrected chi connectivity index (χ3v) is 4.31. The molecule has 2 aliphatic heterocycles. The van der Waals surface area contributed by atoms with Crippen LogP contribution in [0.4, 0.5) is 4.39 Å². The smallest absolute Gasteiger partial charge is 0.127 e. The maximum atomic E-state index is 13.7. The van der Waals surface area contributed by atoms with Crippen LogP contribution in [0.25, 0.3) is 0 Å². The topological polar surface area (TPSA) is 15.3 Å². The van der Waals surface area contributed by atoms with E-state index in [0.717, 1.165) is 25.6 Å². The molecule has 3 rings (SSSR count). The number of nitrogens with zero attached hydrogens (tertiary/aromatic N) is 1. The van der Waals surface area contributed by atoms with E-state index in [4.69, 9.17) is 11.6 Å². The molecule has 2 nitrogen and oxygen atoms in total. The quantitative estimate of drug-likeness (QED) is 0.887. The molecule has 18 heavy (non-hydrogen) atoms. The first kappa shape index (κ1) is 12.4. The number of hydrogen-bond acceptors (Lipinski definition) is 2. The minimum absolute atomic E-state index is 0.151. The highest BCUT2D eigenvalue weighted by Crippen LogP contribution is 2.27. The number of piperidine rings is 1. The minimum atomic E-state index is -0.151. The molecule has 0 bridgehead atoms. The molecule has 1 aromatic carbocycles. The second kappa shape index (κ2) is 5.16. The highest BCUT2D eigenvalue weighted by Gasteiger charge is 2.34.